The molecule has 0 saturated carbocycles. The molecule has 3 rings (SSSR count). The van der Waals surface area contributed by atoms with Crippen molar-refractivity contribution in [3.05, 3.63) is 51.0 Å². The molecule has 6 heteroatoms. The van der Waals surface area contributed by atoms with Crippen molar-refractivity contribution in [2.75, 3.05) is 13.6 Å². The van der Waals surface area contributed by atoms with E-state index in [0.717, 1.165) is 30.0 Å². The molecule has 1 aromatic carbocycles. The van der Waals surface area contributed by atoms with Gasteiger partial charge in [0.2, 0.25) is 0 Å². The molecule has 1 aliphatic carbocycles. The zero-order valence-corrected chi connectivity index (χ0v) is 13.9. The highest BCUT2D eigenvalue weighted by atomic mass is 32.1. The predicted octanol–water partition coefficient (Wildman–Crippen LogP) is 3.47. The van der Waals surface area contributed by atoms with Gasteiger partial charge in [0.25, 0.3) is 0 Å². The quantitative estimate of drug-likeness (QED) is 0.907. The third-order valence-corrected chi connectivity index (χ3v) is 5.24. The summed E-state index contributed by atoms with van der Waals surface area (Å²) in [6.07, 6.45) is 3.61. The van der Waals surface area contributed by atoms with Gasteiger partial charge in [0.15, 0.2) is 0 Å². The van der Waals surface area contributed by atoms with Crippen LogP contribution in [0.3, 0.4) is 0 Å². The maximum Gasteiger partial charge on any atom is 0.131 e. The average Bonchev–Trinajstić information content (AvgIpc) is 2.88. The molecule has 1 atom stereocenters. The number of aliphatic hydroxyl groups excluding tert-OH is 1. The van der Waals surface area contributed by atoms with Crippen LogP contribution < -0.4 is 0 Å². The molecule has 3 nitrogen and oxygen atoms in total. The number of hydrogen-bond acceptors (Lipinski definition) is 4. The summed E-state index contributed by atoms with van der Waals surface area (Å²) in [6.45, 7) is 0.893. The SMILES string of the molecule is CN(Cc1nc2c(s1)CCCC2)CC(O)c1ccc(F)cc1F. The lowest BCUT2D eigenvalue weighted by Gasteiger charge is -2.20. The number of halogens is 2. The van der Waals surface area contributed by atoms with Crippen molar-refractivity contribution < 1.29 is 13.9 Å². The standard InChI is InChI=1S/C17H20F2N2OS/c1-21(9-15(22)12-7-6-11(18)8-13(12)19)10-17-20-14-4-2-3-5-16(14)23-17/h6-8,15,22H,2-5,9-10H2,1H3. The second-order valence-electron chi connectivity index (χ2n) is 6.06. The van der Waals surface area contributed by atoms with Crippen LogP contribution in [-0.2, 0) is 19.4 Å². The van der Waals surface area contributed by atoms with Crippen molar-refractivity contribution in [2.24, 2.45) is 0 Å². The number of aliphatic hydroxyl groups is 1. The highest BCUT2D eigenvalue weighted by molar-refractivity contribution is 7.11. The summed E-state index contributed by atoms with van der Waals surface area (Å²) in [5.74, 6) is -1.35. The summed E-state index contributed by atoms with van der Waals surface area (Å²) in [4.78, 5) is 7.97. The fraction of sp³-hybridized carbons (Fsp3) is 0.471. The third kappa shape index (κ3) is 3.94. The molecular weight excluding hydrogens is 318 g/mol. The summed E-state index contributed by atoms with van der Waals surface area (Å²) in [6, 6.07) is 3.26. The van der Waals surface area contributed by atoms with E-state index in [1.807, 2.05) is 11.9 Å². The van der Waals surface area contributed by atoms with Crippen LogP contribution in [0.4, 0.5) is 8.78 Å². The first-order chi connectivity index (χ1) is 11.0. The van der Waals surface area contributed by atoms with Crippen LogP contribution in [0.5, 0.6) is 0 Å². The highest BCUT2D eigenvalue weighted by Crippen LogP contribution is 2.27. The van der Waals surface area contributed by atoms with Gasteiger partial charge in [-0.25, -0.2) is 13.8 Å². The maximum atomic E-state index is 13.7. The first-order valence-electron chi connectivity index (χ1n) is 7.82. The van der Waals surface area contributed by atoms with Crippen LogP contribution in [0.15, 0.2) is 18.2 Å². The minimum absolute atomic E-state index is 0.122. The second-order valence-corrected chi connectivity index (χ2v) is 7.23. The van der Waals surface area contributed by atoms with Crippen LogP contribution in [0.2, 0.25) is 0 Å². The van der Waals surface area contributed by atoms with Crippen molar-refractivity contribution in [1.82, 2.24) is 9.88 Å². The molecule has 0 spiro atoms. The van der Waals surface area contributed by atoms with Gasteiger partial charge in [-0.1, -0.05) is 6.07 Å². The molecule has 1 aromatic heterocycles. The Bertz CT molecular complexity index is 666. The third-order valence-electron chi connectivity index (χ3n) is 4.10. The van der Waals surface area contributed by atoms with E-state index >= 15 is 0 Å². The van der Waals surface area contributed by atoms with E-state index in [2.05, 4.69) is 4.98 Å². The lowest BCUT2D eigenvalue weighted by Crippen LogP contribution is -2.24. The van der Waals surface area contributed by atoms with Crippen LogP contribution in [0.1, 0.15) is 40.1 Å². The Hall–Kier alpha value is -1.37. The summed E-state index contributed by atoms with van der Waals surface area (Å²) in [5.41, 5.74) is 1.34. The van der Waals surface area contributed by atoms with E-state index in [4.69, 9.17) is 0 Å². The normalized spacial score (nSPS) is 15.7. The summed E-state index contributed by atoms with van der Waals surface area (Å²) < 4.78 is 26.6. The van der Waals surface area contributed by atoms with E-state index in [1.165, 1.54) is 29.5 Å². The molecule has 0 aliphatic heterocycles. The summed E-state index contributed by atoms with van der Waals surface area (Å²) in [5, 5.41) is 11.2. The predicted molar refractivity (Wildman–Crippen MR) is 86.4 cm³/mol. The lowest BCUT2D eigenvalue weighted by atomic mass is 10.0. The fourth-order valence-electron chi connectivity index (χ4n) is 2.93. The summed E-state index contributed by atoms with van der Waals surface area (Å²) >= 11 is 1.73. The number of aryl methyl sites for hydroxylation is 2. The number of aromatic nitrogens is 1. The van der Waals surface area contributed by atoms with Crippen LogP contribution >= 0.6 is 11.3 Å². The molecule has 23 heavy (non-hydrogen) atoms. The van der Waals surface area contributed by atoms with Gasteiger partial charge in [-0.3, -0.25) is 4.90 Å². The van der Waals surface area contributed by atoms with E-state index in [9.17, 15) is 13.9 Å². The highest BCUT2D eigenvalue weighted by Gasteiger charge is 2.19. The first kappa shape index (κ1) is 16.5. The fourth-order valence-corrected chi connectivity index (χ4v) is 4.17. The van der Waals surface area contributed by atoms with Crippen LogP contribution in [-0.4, -0.2) is 28.6 Å². The Balaban J connectivity index is 1.62. The van der Waals surface area contributed by atoms with Gasteiger partial charge in [0.05, 0.1) is 18.3 Å². The summed E-state index contributed by atoms with van der Waals surface area (Å²) in [7, 11) is 1.87. The molecule has 1 unspecified atom stereocenters. The van der Waals surface area contributed by atoms with E-state index in [-0.39, 0.29) is 12.1 Å². The van der Waals surface area contributed by atoms with Crippen molar-refractivity contribution in [1.29, 1.82) is 0 Å². The molecule has 1 heterocycles. The number of hydrogen-bond donors (Lipinski definition) is 1. The Morgan fingerprint density at radius 2 is 2.09 bits per heavy atom. The van der Waals surface area contributed by atoms with Gasteiger partial charge in [-0.05, 0) is 38.8 Å². The molecule has 1 aliphatic rings. The number of benzene rings is 1. The van der Waals surface area contributed by atoms with Gasteiger partial charge in [0.1, 0.15) is 16.6 Å². The van der Waals surface area contributed by atoms with Crippen molar-refractivity contribution in [3.63, 3.8) is 0 Å². The molecule has 0 amide bonds. The lowest BCUT2D eigenvalue weighted by molar-refractivity contribution is 0.120. The van der Waals surface area contributed by atoms with Crippen molar-refractivity contribution in [2.45, 2.75) is 38.3 Å². The molecule has 0 fully saturated rings. The monoisotopic (exact) mass is 338 g/mol. The minimum atomic E-state index is -0.991. The Morgan fingerprint density at radius 1 is 1.30 bits per heavy atom. The second kappa shape index (κ2) is 7.03. The Morgan fingerprint density at radius 3 is 2.83 bits per heavy atom. The molecule has 0 saturated heterocycles. The molecule has 1 N–H and O–H groups in total. The zero-order chi connectivity index (χ0) is 16.4. The number of rotatable bonds is 5. The van der Waals surface area contributed by atoms with E-state index in [1.54, 1.807) is 11.3 Å². The first-order valence-corrected chi connectivity index (χ1v) is 8.63. The molecule has 0 radical (unpaired) electrons. The Kier molecular flexibility index (Phi) is 5.04. The van der Waals surface area contributed by atoms with Gasteiger partial charge in [-0.2, -0.15) is 0 Å². The largest absolute Gasteiger partial charge is 0.387 e. The number of thiazole rings is 1. The van der Waals surface area contributed by atoms with Gasteiger partial charge >= 0.3 is 0 Å². The van der Waals surface area contributed by atoms with Gasteiger partial charge in [-0.15, -0.1) is 11.3 Å². The molecule has 124 valence electrons. The minimum Gasteiger partial charge on any atom is -0.387 e. The number of likely N-dealkylation sites (N-methyl/N-ethyl adjacent to an activating group) is 1. The molecular formula is C17H20F2N2OS. The molecule has 0 bridgehead atoms. The Labute approximate surface area is 138 Å². The maximum absolute atomic E-state index is 13.7. The van der Waals surface area contributed by atoms with E-state index < -0.39 is 17.7 Å². The van der Waals surface area contributed by atoms with Gasteiger partial charge in [0, 0.05) is 23.1 Å². The molecule has 2 aromatic rings. The number of nitrogens with zero attached hydrogens (tertiary/aromatic N) is 2. The topological polar surface area (TPSA) is 36.4 Å². The van der Waals surface area contributed by atoms with Gasteiger partial charge < -0.3 is 5.11 Å². The number of fused-ring (bicyclic) bond motifs is 1. The van der Waals surface area contributed by atoms with Crippen LogP contribution in [0, 0.1) is 11.6 Å². The van der Waals surface area contributed by atoms with E-state index in [0.29, 0.717) is 6.54 Å². The van der Waals surface area contributed by atoms with Crippen molar-refractivity contribution in [3.8, 4) is 0 Å². The average molecular weight is 338 g/mol. The zero-order valence-electron chi connectivity index (χ0n) is 13.1. The van der Waals surface area contributed by atoms with Crippen molar-refractivity contribution >= 4 is 11.3 Å². The van der Waals surface area contributed by atoms with Crippen LogP contribution in [0.25, 0.3) is 0 Å². The smallest absolute Gasteiger partial charge is 0.131 e.